The van der Waals surface area contributed by atoms with Crippen molar-refractivity contribution in [1.29, 1.82) is 5.26 Å². The summed E-state index contributed by atoms with van der Waals surface area (Å²) in [7, 11) is 0. The van der Waals surface area contributed by atoms with Crippen molar-refractivity contribution >= 4 is 11.9 Å². The lowest BCUT2D eigenvalue weighted by Gasteiger charge is -1.95. The number of rotatable bonds is 3. The van der Waals surface area contributed by atoms with E-state index in [-0.39, 0.29) is 0 Å². The number of hydrogen-bond acceptors (Lipinski definition) is 3. The minimum absolute atomic E-state index is 0.514. The lowest BCUT2D eigenvalue weighted by molar-refractivity contribution is 0.507. The fraction of sp³-hybridized carbons (Fsp3) is 0. The Morgan fingerprint density at radius 1 is 1.38 bits per heavy atom. The van der Waals surface area contributed by atoms with E-state index >= 15 is 0 Å². The molecule has 0 amide bonds. The van der Waals surface area contributed by atoms with Crippen LogP contribution in [0.5, 0.6) is 5.75 Å². The first-order chi connectivity index (χ1) is 6.36. The first-order valence-electron chi connectivity index (χ1n) is 3.68. The van der Waals surface area contributed by atoms with Gasteiger partial charge in [-0.05, 0) is 24.3 Å². The van der Waals surface area contributed by atoms with E-state index in [0.29, 0.717) is 5.75 Å². The number of aliphatic imine (C=N–C) groups is 1. The molecule has 0 bridgehead atoms. The van der Waals surface area contributed by atoms with Crippen molar-refractivity contribution in [2.24, 2.45) is 4.99 Å². The van der Waals surface area contributed by atoms with Gasteiger partial charge in [0.15, 0.2) is 0 Å². The third kappa shape index (κ3) is 2.80. The molecule has 0 unspecified atom stereocenters. The second kappa shape index (κ2) is 4.73. The maximum absolute atomic E-state index is 8.22. The fourth-order valence-corrected chi connectivity index (χ4v) is 0.792. The van der Waals surface area contributed by atoms with E-state index in [0.717, 1.165) is 5.69 Å². The first kappa shape index (κ1) is 9.01. The Kier molecular flexibility index (Phi) is 3.28. The monoisotopic (exact) mass is 172 g/mol. The van der Waals surface area contributed by atoms with Gasteiger partial charge in [0.05, 0.1) is 5.69 Å². The third-order valence-corrected chi connectivity index (χ3v) is 1.33. The zero-order chi connectivity index (χ0) is 9.52. The Balaban J connectivity index is 2.76. The molecular formula is C10H8N2O. The number of benzene rings is 1. The number of nitriles is 1. The van der Waals surface area contributed by atoms with Gasteiger partial charge in [0.1, 0.15) is 5.75 Å². The van der Waals surface area contributed by atoms with Crippen LogP contribution < -0.4 is 4.74 Å². The standard InChI is InChI=1S/C10H8N2O/c1-2-7-12-9-3-5-10(6-4-9)13-8-11/h2-7H,1H2. The molecular weight excluding hydrogens is 164 g/mol. The summed E-state index contributed by atoms with van der Waals surface area (Å²) in [6.45, 7) is 3.51. The number of hydrogen-bond donors (Lipinski definition) is 0. The number of nitrogens with zero attached hydrogens (tertiary/aromatic N) is 2. The minimum atomic E-state index is 0.514. The molecule has 0 saturated carbocycles. The van der Waals surface area contributed by atoms with Crippen LogP contribution in [0.4, 0.5) is 5.69 Å². The van der Waals surface area contributed by atoms with Crippen LogP contribution in [0.15, 0.2) is 41.9 Å². The maximum Gasteiger partial charge on any atom is 0.292 e. The van der Waals surface area contributed by atoms with Gasteiger partial charge in [-0.1, -0.05) is 12.7 Å². The molecule has 0 aliphatic heterocycles. The molecule has 0 radical (unpaired) electrons. The van der Waals surface area contributed by atoms with Crippen molar-refractivity contribution in [3.63, 3.8) is 0 Å². The molecule has 0 atom stereocenters. The minimum Gasteiger partial charge on any atom is -0.388 e. The number of ether oxygens (including phenoxy) is 1. The van der Waals surface area contributed by atoms with Crippen LogP contribution in [-0.4, -0.2) is 6.21 Å². The van der Waals surface area contributed by atoms with Crippen molar-refractivity contribution in [2.45, 2.75) is 0 Å². The Hall–Kier alpha value is -2.08. The van der Waals surface area contributed by atoms with E-state index in [2.05, 4.69) is 16.3 Å². The molecule has 1 aromatic rings. The van der Waals surface area contributed by atoms with Crippen LogP contribution in [0.1, 0.15) is 0 Å². The summed E-state index contributed by atoms with van der Waals surface area (Å²) >= 11 is 0. The predicted octanol–water partition coefficient (Wildman–Crippen LogP) is 2.43. The Bertz CT molecular complexity index is 346. The van der Waals surface area contributed by atoms with E-state index in [4.69, 9.17) is 5.26 Å². The summed E-state index contributed by atoms with van der Waals surface area (Å²) in [6.07, 6.45) is 4.79. The molecule has 3 heteroatoms. The van der Waals surface area contributed by atoms with Gasteiger partial charge in [-0.3, -0.25) is 4.99 Å². The summed E-state index contributed by atoms with van der Waals surface area (Å²) in [4.78, 5) is 4.04. The molecule has 0 aliphatic carbocycles. The summed E-state index contributed by atoms with van der Waals surface area (Å²) in [6, 6.07) is 6.87. The fourth-order valence-electron chi connectivity index (χ4n) is 0.792. The van der Waals surface area contributed by atoms with Crippen molar-refractivity contribution < 1.29 is 4.74 Å². The Morgan fingerprint density at radius 3 is 2.62 bits per heavy atom. The Morgan fingerprint density at radius 2 is 2.08 bits per heavy atom. The maximum atomic E-state index is 8.22. The van der Waals surface area contributed by atoms with Crippen molar-refractivity contribution in [2.75, 3.05) is 0 Å². The highest BCUT2D eigenvalue weighted by Gasteiger charge is 1.91. The number of allylic oxidation sites excluding steroid dienone is 1. The molecule has 64 valence electrons. The van der Waals surface area contributed by atoms with Crippen molar-refractivity contribution in [3.8, 4) is 12.0 Å². The summed E-state index contributed by atoms with van der Waals surface area (Å²) in [5, 5.41) is 8.22. The molecule has 1 rings (SSSR count). The molecule has 0 heterocycles. The molecule has 0 spiro atoms. The van der Waals surface area contributed by atoms with Gasteiger partial charge in [-0.2, -0.15) is 0 Å². The van der Waals surface area contributed by atoms with Gasteiger partial charge in [0.2, 0.25) is 0 Å². The van der Waals surface area contributed by atoms with E-state index in [9.17, 15) is 0 Å². The van der Waals surface area contributed by atoms with Gasteiger partial charge < -0.3 is 4.74 Å². The van der Waals surface area contributed by atoms with Crippen LogP contribution in [0.25, 0.3) is 0 Å². The van der Waals surface area contributed by atoms with Gasteiger partial charge in [0.25, 0.3) is 6.26 Å². The van der Waals surface area contributed by atoms with Crippen molar-refractivity contribution in [1.82, 2.24) is 0 Å². The highest BCUT2D eigenvalue weighted by atomic mass is 16.5. The van der Waals surface area contributed by atoms with Gasteiger partial charge in [-0.25, -0.2) is 0 Å². The summed E-state index contributed by atoms with van der Waals surface area (Å²) < 4.78 is 4.60. The highest BCUT2D eigenvalue weighted by molar-refractivity contribution is 5.73. The normalized spacial score (nSPS) is 9.46. The van der Waals surface area contributed by atoms with Gasteiger partial charge >= 0.3 is 0 Å². The molecule has 0 aliphatic rings. The van der Waals surface area contributed by atoms with E-state index in [1.54, 1.807) is 42.8 Å². The summed E-state index contributed by atoms with van der Waals surface area (Å²) in [5.74, 6) is 0.514. The van der Waals surface area contributed by atoms with E-state index in [1.807, 2.05) is 0 Å². The van der Waals surface area contributed by atoms with Crippen LogP contribution in [-0.2, 0) is 0 Å². The lowest BCUT2D eigenvalue weighted by atomic mass is 10.3. The van der Waals surface area contributed by atoms with Crippen molar-refractivity contribution in [3.05, 3.63) is 36.9 Å². The van der Waals surface area contributed by atoms with Crippen LogP contribution in [0, 0.1) is 11.5 Å². The molecule has 3 nitrogen and oxygen atoms in total. The molecule has 1 aromatic carbocycles. The van der Waals surface area contributed by atoms with Crippen LogP contribution >= 0.6 is 0 Å². The van der Waals surface area contributed by atoms with Crippen LogP contribution in [0.2, 0.25) is 0 Å². The van der Waals surface area contributed by atoms with Gasteiger partial charge in [-0.15, -0.1) is 5.26 Å². The molecule has 13 heavy (non-hydrogen) atoms. The smallest absolute Gasteiger partial charge is 0.292 e. The third-order valence-electron chi connectivity index (χ3n) is 1.33. The second-order valence-electron chi connectivity index (χ2n) is 2.20. The zero-order valence-electron chi connectivity index (χ0n) is 6.97. The zero-order valence-corrected chi connectivity index (χ0v) is 6.97. The average molecular weight is 172 g/mol. The average Bonchev–Trinajstić information content (AvgIpc) is 2.17. The molecule has 0 fully saturated rings. The SMILES string of the molecule is C=CC=Nc1ccc(OC#N)cc1. The largest absolute Gasteiger partial charge is 0.388 e. The van der Waals surface area contributed by atoms with Crippen LogP contribution in [0.3, 0.4) is 0 Å². The van der Waals surface area contributed by atoms with E-state index in [1.165, 1.54) is 0 Å². The first-order valence-corrected chi connectivity index (χ1v) is 3.68. The Labute approximate surface area is 76.6 Å². The predicted molar refractivity (Wildman–Crippen MR) is 51.0 cm³/mol. The second-order valence-corrected chi connectivity index (χ2v) is 2.20. The van der Waals surface area contributed by atoms with Gasteiger partial charge in [0, 0.05) is 6.21 Å². The highest BCUT2D eigenvalue weighted by Crippen LogP contribution is 2.17. The topological polar surface area (TPSA) is 45.4 Å². The lowest BCUT2D eigenvalue weighted by Crippen LogP contribution is -1.79. The summed E-state index contributed by atoms with van der Waals surface area (Å²) in [5.41, 5.74) is 0.796. The molecule has 0 aromatic heterocycles. The molecule has 0 N–H and O–H groups in total. The quantitative estimate of drug-likeness (QED) is 0.519. The van der Waals surface area contributed by atoms with E-state index < -0.39 is 0 Å². The molecule has 0 saturated heterocycles.